The second-order valence-electron chi connectivity index (χ2n) is 45.5. The second-order valence-corrected chi connectivity index (χ2v) is 45.5. The van der Waals surface area contributed by atoms with Gasteiger partial charge in [-0.1, -0.05) is 114 Å². The van der Waals surface area contributed by atoms with Gasteiger partial charge in [0.25, 0.3) is 0 Å². The van der Waals surface area contributed by atoms with Crippen LogP contribution in [0.15, 0.2) is 0 Å². The van der Waals surface area contributed by atoms with E-state index in [2.05, 4.69) is 179 Å². The van der Waals surface area contributed by atoms with Crippen LogP contribution in [0, 0.1) is 38.9 Å². The van der Waals surface area contributed by atoms with Crippen molar-refractivity contribution in [2.45, 2.75) is 408 Å². The summed E-state index contributed by atoms with van der Waals surface area (Å²) < 4.78 is 22.7. The molecule has 5 unspecified atom stereocenters. The van der Waals surface area contributed by atoms with Crippen LogP contribution in [0.25, 0.3) is 0 Å². The summed E-state index contributed by atoms with van der Waals surface area (Å²) in [6.07, 6.45) is 41.4. The molecule has 16 rings (SSSR count). The number of nitrogens with zero attached hydrogens (tertiary/aromatic N) is 16. The van der Waals surface area contributed by atoms with Crippen LogP contribution in [0.2, 0.25) is 0 Å². The van der Waals surface area contributed by atoms with Crippen molar-refractivity contribution in [3.8, 4) is 0 Å². The Morgan fingerprint density at radius 1 is 0.388 bits per heavy atom. The molecule has 1 amide bonds. The van der Waals surface area contributed by atoms with Crippen LogP contribution in [0.5, 0.6) is 0 Å². The maximum absolute atomic E-state index is 12.4. The number of hydrogen-bond donors (Lipinski definition) is 8. The van der Waals surface area contributed by atoms with Crippen LogP contribution in [0.4, 0.5) is 0 Å². The average molecular weight is 1940 g/mol. The Balaban J connectivity index is 0.000000156. The van der Waals surface area contributed by atoms with E-state index in [0.29, 0.717) is 70.8 Å². The number of ether oxygens (including phenoxy) is 2. The molecule has 5 aromatic rings. The number of hydrogen-bond acceptors (Lipinski definition) is 21. The molecule has 5 atom stereocenters. The first-order chi connectivity index (χ1) is 67.2. The van der Waals surface area contributed by atoms with Gasteiger partial charge in [-0.05, 0) is 302 Å². The number of aromatic nitrogens is 10. The standard InChI is InChI=1S/C24H43N5O.C23H40N4O2.2C22H40N4O.C21H38N4O/c1-6-22(30)28-15-16-29-21(18-28)23(20(26-29)17-27(5)14-13-25-4)19-9-11-24(7-2,8-3)12-10-19;1-5-28-15-23(16-29-6-2)18-12-17(13-19(18)23)22-20(14-26(4)11-9-24-3)25-27-10-7-8-21(22)27;1-5-22(6-2)11-9-17(10-12-22)21-19(15-25(4)14-13-23-3)24-26-18(16-27)7-8-20(21)26;1-5-22(6-2)11-9-17(10-12-22)21-19(16-25(4)14-13-23-3)24-26-15-18(27)7-8-20(21)26;1-5-21(6-2)9-7-16(8-10-21)20-18(15-24(4)12-11-22-3)23-25-14-17(26)13-19(20)25/h19,25H,6-18H2,1-5H3;17-19,24H,5-16H2,1-4H3;2*17-18,23,27H,5-16H2,1-4H3;16-17,22,26H,5-15H2,1-4H3. The van der Waals surface area contributed by atoms with Gasteiger partial charge < -0.3 is 56.3 Å². The monoisotopic (exact) mass is 1940 g/mol. The molecule has 5 aromatic heterocycles. The number of likely N-dealkylation sites (N-methyl/N-ethyl adjacent to an activating group) is 10. The molecule has 6 aliphatic carbocycles. The SMILES string of the molecule is CCC(=O)N1CCn2nc(CN(C)CCNC)c(C3CCC(CC)(CC)CC3)c2C1.CCC1(CC)CCC(c2c(CN(C)CCNC)nn3c2CC(O)C3)CC1.CCC1(CC)CCC(c2c(CN(C)CCNC)nn3c2CCC(O)C3)CC1.CCC1(CC)CCC(c2c(CN(C)CCNC)nn3c2CCC3CO)CC1.CCOCC1(COCC)C2CC(c3c(CN(C)CCNC)nn4c3CCC4)CC21. The lowest BCUT2D eigenvalue weighted by molar-refractivity contribution is -0.132. The minimum absolute atomic E-state index is 0.184. The molecule has 0 spiro atoms. The molecule has 27 heteroatoms. The van der Waals surface area contributed by atoms with E-state index in [-0.39, 0.29) is 36.2 Å². The van der Waals surface area contributed by atoms with Gasteiger partial charge in [0, 0.05) is 193 Å². The van der Waals surface area contributed by atoms with Crippen LogP contribution in [-0.4, -0.2) is 287 Å². The summed E-state index contributed by atoms with van der Waals surface area (Å²) in [5, 5.41) is 71.4. The van der Waals surface area contributed by atoms with Crippen molar-refractivity contribution in [3.63, 3.8) is 0 Å². The summed E-state index contributed by atoms with van der Waals surface area (Å²) in [5.74, 6) is 4.99. The molecule has 8 N–H and O–H groups in total. The lowest BCUT2D eigenvalue weighted by Gasteiger charge is -2.40. The Morgan fingerprint density at radius 3 is 1.09 bits per heavy atom. The molecule has 27 nitrogen and oxygen atoms in total. The fraction of sp³-hybridized carbons (Fsp3) is 0.857. The van der Waals surface area contributed by atoms with Crippen LogP contribution in [0.1, 0.15) is 389 Å². The summed E-state index contributed by atoms with van der Waals surface area (Å²) in [4.78, 5) is 26.3. The van der Waals surface area contributed by atoms with Crippen LogP contribution >= 0.6 is 0 Å². The summed E-state index contributed by atoms with van der Waals surface area (Å²) in [7, 11) is 21.0. The largest absolute Gasteiger partial charge is 0.394 e. The Bertz CT molecular complexity index is 4370. The highest BCUT2D eigenvalue weighted by Crippen LogP contribution is 2.71. The van der Waals surface area contributed by atoms with Gasteiger partial charge in [0.2, 0.25) is 5.91 Å². The lowest BCUT2D eigenvalue weighted by atomic mass is 9.66. The molecule has 6 fully saturated rings. The van der Waals surface area contributed by atoms with Crippen molar-refractivity contribution in [1.82, 2.24) is 105 Å². The van der Waals surface area contributed by atoms with Crippen LogP contribution in [0.3, 0.4) is 0 Å². The third-order valence-electron chi connectivity index (χ3n) is 37.5. The van der Waals surface area contributed by atoms with E-state index >= 15 is 0 Å². The molecular formula is C112H201N21O6. The predicted molar refractivity (Wildman–Crippen MR) is 566 cm³/mol. The molecule has 0 bridgehead atoms. The second kappa shape index (κ2) is 53.5. The summed E-state index contributed by atoms with van der Waals surface area (Å²) >= 11 is 0. The van der Waals surface area contributed by atoms with E-state index in [1.54, 1.807) is 16.7 Å². The zero-order chi connectivity index (χ0) is 99.8. The van der Waals surface area contributed by atoms with E-state index in [1.807, 2.05) is 47.1 Å². The number of amides is 1. The Morgan fingerprint density at radius 2 is 0.719 bits per heavy atom. The summed E-state index contributed by atoms with van der Waals surface area (Å²) in [6.45, 7) is 48.2. The molecule has 5 aliphatic heterocycles. The van der Waals surface area contributed by atoms with E-state index in [0.717, 1.165) is 195 Å². The summed E-state index contributed by atoms with van der Waals surface area (Å²) in [6, 6.07) is 0.184. The van der Waals surface area contributed by atoms with E-state index in [9.17, 15) is 20.1 Å². The van der Waals surface area contributed by atoms with Crippen LogP contribution < -0.4 is 26.6 Å². The quantitative estimate of drug-likeness (QED) is 0.0180. The molecule has 139 heavy (non-hydrogen) atoms. The number of aliphatic hydroxyl groups excluding tert-OH is 3. The first-order valence-corrected chi connectivity index (χ1v) is 56.7. The lowest BCUT2D eigenvalue weighted by Crippen LogP contribution is -2.38. The minimum Gasteiger partial charge on any atom is -0.394 e. The first-order valence-electron chi connectivity index (χ1n) is 56.7. The fourth-order valence-electron chi connectivity index (χ4n) is 27.4. The number of nitrogens with one attached hydrogen (secondary N) is 5. The van der Waals surface area contributed by atoms with Crippen molar-refractivity contribution < 1.29 is 29.6 Å². The van der Waals surface area contributed by atoms with Gasteiger partial charge in [0.15, 0.2) is 0 Å². The molecule has 0 saturated heterocycles. The highest BCUT2D eigenvalue weighted by molar-refractivity contribution is 5.76. The van der Waals surface area contributed by atoms with Gasteiger partial charge in [-0.3, -0.25) is 52.7 Å². The third kappa shape index (κ3) is 27.5. The Hall–Kier alpha value is -5.08. The zero-order valence-electron chi connectivity index (χ0n) is 91.9. The van der Waals surface area contributed by atoms with Crippen molar-refractivity contribution >= 4 is 5.91 Å². The number of aryl methyl sites for hydroxylation is 1. The third-order valence-corrected chi connectivity index (χ3v) is 37.5. The molecule has 11 aliphatic rings. The van der Waals surface area contributed by atoms with Gasteiger partial charge in [-0.15, -0.1) is 0 Å². The van der Waals surface area contributed by atoms with Crippen molar-refractivity contribution in [2.75, 3.05) is 176 Å². The number of carbonyl (C=O) groups excluding carboxylic acids is 1. The number of rotatable bonds is 46. The topological polar surface area (TPSA) is 265 Å². The van der Waals surface area contributed by atoms with Crippen molar-refractivity contribution in [2.24, 2.45) is 38.9 Å². The molecular weight excluding hydrogens is 1740 g/mol. The van der Waals surface area contributed by atoms with Crippen molar-refractivity contribution in [3.05, 3.63) is 84.8 Å². The van der Waals surface area contributed by atoms with Gasteiger partial charge >= 0.3 is 0 Å². The molecule has 10 heterocycles. The van der Waals surface area contributed by atoms with E-state index in [4.69, 9.17) is 35.0 Å². The maximum atomic E-state index is 12.4. The number of carbonyl (C=O) groups is 1. The maximum Gasteiger partial charge on any atom is 0.222 e. The smallest absolute Gasteiger partial charge is 0.222 e. The number of aliphatic hydroxyl groups is 3. The normalized spacial score (nSPS) is 22.9. The van der Waals surface area contributed by atoms with Crippen molar-refractivity contribution in [1.29, 1.82) is 0 Å². The molecule has 0 aromatic carbocycles. The Kier molecular flexibility index (Phi) is 43.4. The molecule has 6 saturated carbocycles. The van der Waals surface area contributed by atoms with E-state index in [1.165, 1.54) is 248 Å². The van der Waals surface area contributed by atoms with E-state index < -0.39 is 0 Å². The average Bonchev–Trinajstić information content (AvgIpc) is 1.52. The fourth-order valence-corrected chi connectivity index (χ4v) is 27.4. The molecule has 790 valence electrons. The summed E-state index contributed by atoms with van der Waals surface area (Å²) in [5.41, 5.74) is 23.6. The highest BCUT2D eigenvalue weighted by Gasteiger charge is 2.68. The van der Waals surface area contributed by atoms with Gasteiger partial charge in [0.1, 0.15) is 0 Å². The Labute approximate surface area is 842 Å². The van der Waals surface area contributed by atoms with Gasteiger partial charge in [-0.25, -0.2) is 0 Å². The molecule has 0 radical (unpaired) electrons. The zero-order valence-corrected chi connectivity index (χ0v) is 91.9. The van der Waals surface area contributed by atoms with Gasteiger partial charge in [-0.2, -0.15) is 25.5 Å². The minimum atomic E-state index is -0.249. The van der Waals surface area contributed by atoms with Gasteiger partial charge in [0.05, 0.1) is 98.4 Å². The first kappa shape index (κ1) is 113. The number of fused-ring (bicyclic) bond motifs is 6. The predicted octanol–water partition coefficient (Wildman–Crippen LogP) is 16.1. The van der Waals surface area contributed by atoms with Crippen LogP contribution in [-0.2, 0) is 105 Å². The highest BCUT2D eigenvalue weighted by atomic mass is 16.5.